The number of nitrogens with zero attached hydrogens (tertiary/aromatic N) is 3. The average molecular weight is 500 g/mol. The molecule has 0 unspecified atom stereocenters. The molecule has 3 nitrogen and oxygen atoms in total. The van der Waals surface area contributed by atoms with Gasteiger partial charge in [-0.1, -0.05) is 66.7 Å². The van der Waals surface area contributed by atoms with Gasteiger partial charge in [-0.3, -0.25) is 9.97 Å². The summed E-state index contributed by atoms with van der Waals surface area (Å²) < 4.78 is 2.44. The summed E-state index contributed by atoms with van der Waals surface area (Å²) in [5.74, 6) is 0. The Morgan fingerprint density at radius 2 is 1.15 bits per heavy atom. The molecule has 0 radical (unpaired) electrons. The van der Waals surface area contributed by atoms with Gasteiger partial charge in [-0.15, -0.1) is 0 Å². The lowest BCUT2D eigenvalue weighted by Crippen LogP contribution is -1.93. The van der Waals surface area contributed by atoms with Gasteiger partial charge in [0.1, 0.15) is 0 Å². The molecule has 8 aromatic rings. The van der Waals surface area contributed by atoms with Crippen molar-refractivity contribution in [2.24, 2.45) is 0 Å². The van der Waals surface area contributed by atoms with E-state index in [4.69, 9.17) is 4.98 Å². The molecular weight excluding hydrogens is 474 g/mol. The molecule has 0 bridgehead atoms. The molecule has 3 heteroatoms. The van der Waals surface area contributed by atoms with Crippen molar-refractivity contribution < 1.29 is 0 Å². The maximum absolute atomic E-state index is 4.73. The van der Waals surface area contributed by atoms with Crippen molar-refractivity contribution >= 4 is 54.1 Å². The Labute approximate surface area is 226 Å². The van der Waals surface area contributed by atoms with Crippen LogP contribution in [0.5, 0.6) is 0 Å². The molecule has 0 aliphatic heterocycles. The number of fused-ring (bicyclic) bond motifs is 9. The number of hydrogen-bond acceptors (Lipinski definition) is 2. The van der Waals surface area contributed by atoms with E-state index in [1.165, 1.54) is 54.1 Å². The minimum absolute atomic E-state index is 0.881. The number of benzene rings is 5. The fourth-order valence-electron chi connectivity index (χ4n) is 6.24. The lowest BCUT2D eigenvalue weighted by Gasteiger charge is -2.13. The van der Waals surface area contributed by atoms with Gasteiger partial charge in [-0.2, -0.15) is 0 Å². The molecule has 5 aromatic carbocycles. The van der Waals surface area contributed by atoms with Gasteiger partial charge in [0, 0.05) is 46.3 Å². The average Bonchev–Trinajstić information content (AvgIpc) is 3.33. The summed E-state index contributed by atoms with van der Waals surface area (Å²) in [5.41, 5.74) is 6.62. The molecule has 8 rings (SSSR count). The molecular formula is C36H25N3. The van der Waals surface area contributed by atoms with E-state index in [1.807, 2.05) is 24.4 Å². The van der Waals surface area contributed by atoms with E-state index in [0.29, 0.717) is 0 Å². The highest BCUT2D eigenvalue weighted by molar-refractivity contribution is 6.29. The summed E-state index contributed by atoms with van der Waals surface area (Å²) in [6, 6.07) is 39.3. The van der Waals surface area contributed by atoms with Gasteiger partial charge in [-0.25, -0.2) is 0 Å². The maximum Gasteiger partial charge on any atom is 0.0886 e. The standard InChI is InChI=1S/C36H25N3/c1-2-39-35-13-6-5-11-28(35)32-20-30-27-16-14-23(24-15-17-34(38-22-24)33-12-7-8-18-37-33)19-29(27)25-9-3-4-10-26(25)31(30)21-36(32)39/h3-22H,2H2,1H3. The van der Waals surface area contributed by atoms with Crippen LogP contribution in [0.4, 0.5) is 0 Å². The zero-order valence-corrected chi connectivity index (χ0v) is 21.6. The maximum atomic E-state index is 4.73. The van der Waals surface area contributed by atoms with Crippen LogP contribution in [0.3, 0.4) is 0 Å². The normalized spacial score (nSPS) is 11.8. The highest BCUT2D eigenvalue weighted by atomic mass is 15.0. The molecule has 0 atom stereocenters. The zero-order chi connectivity index (χ0) is 25.9. The third-order valence-electron chi connectivity index (χ3n) is 8.07. The fraction of sp³-hybridized carbons (Fsp3) is 0.0556. The van der Waals surface area contributed by atoms with E-state index in [9.17, 15) is 0 Å². The molecule has 184 valence electrons. The topological polar surface area (TPSA) is 30.7 Å². The number of rotatable bonds is 3. The van der Waals surface area contributed by atoms with Gasteiger partial charge in [0.2, 0.25) is 0 Å². The summed E-state index contributed by atoms with van der Waals surface area (Å²) in [7, 11) is 0. The molecule has 0 saturated carbocycles. The first-order chi connectivity index (χ1) is 19.3. The molecule has 0 aliphatic rings. The van der Waals surface area contributed by atoms with Crippen LogP contribution < -0.4 is 0 Å². The van der Waals surface area contributed by atoms with Crippen molar-refractivity contribution in [3.63, 3.8) is 0 Å². The van der Waals surface area contributed by atoms with E-state index in [2.05, 4.69) is 107 Å². The lowest BCUT2D eigenvalue weighted by molar-refractivity contribution is 0.827. The fourth-order valence-corrected chi connectivity index (χ4v) is 6.24. The van der Waals surface area contributed by atoms with Crippen LogP contribution in [0.25, 0.3) is 76.6 Å². The molecule has 0 N–H and O–H groups in total. The van der Waals surface area contributed by atoms with E-state index in [-0.39, 0.29) is 0 Å². The second kappa shape index (κ2) is 8.50. The molecule has 0 aliphatic carbocycles. The van der Waals surface area contributed by atoms with Crippen LogP contribution in [0.15, 0.2) is 122 Å². The van der Waals surface area contributed by atoms with Gasteiger partial charge in [0.15, 0.2) is 0 Å². The van der Waals surface area contributed by atoms with Gasteiger partial charge in [0.05, 0.1) is 11.4 Å². The summed E-state index contributed by atoms with van der Waals surface area (Å²) in [4.78, 5) is 9.17. The first-order valence-corrected chi connectivity index (χ1v) is 13.5. The van der Waals surface area contributed by atoms with Crippen LogP contribution in [-0.2, 0) is 6.54 Å². The second-order valence-corrected chi connectivity index (χ2v) is 10.1. The predicted molar refractivity (Wildman–Crippen MR) is 164 cm³/mol. The van der Waals surface area contributed by atoms with E-state index < -0.39 is 0 Å². The molecule has 39 heavy (non-hydrogen) atoms. The van der Waals surface area contributed by atoms with Gasteiger partial charge < -0.3 is 4.57 Å². The van der Waals surface area contributed by atoms with Crippen molar-refractivity contribution in [1.82, 2.24) is 14.5 Å². The summed E-state index contributed by atoms with van der Waals surface area (Å²) in [6.07, 6.45) is 3.76. The van der Waals surface area contributed by atoms with Gasteiger partial charge >= 0.3 is 0 Å². The first kappa shape index (κ1) is 22.0. The zero-order valence-electron chi connectivity index (χ0n) is 21.6. The number of aryl methyl sites for hydroxylation is 1. The predicted octanol–water partition coefficient (Wildman–Crippen LogP) is 9.40. The quantitative estimate of drug-likeness (QED) is 0.227. The number of hydrogen-bond donors (Lipinski definition) is 0. The second-order valence-electron chi connectivity index (χ2n) is 10.1. The summed E-state index contributed by atoms with van der Waals surface area (Å²) >= 11 is 0. The van der Waals surface area contributed by atoms with Crippen LogP contribution in [0, 0.1) is 0 Å². The third kappa shape index (κ3) is 3.30. The van der Waals surface area contributed by atoms with Crippen molar-refractivity contribution in [2.75, 3.05) is 0 Å². The lowest BCUT2D eigenvalue weighted by atomic mass is 9.91. The van der Waals surface area contributed by atoms with E-state index >= 15 is 0 Å². The Hall–Kier alpha value is -5.02. The van der Waals surface area contributed by atoms with Crippen LogP contribution >= 0.6 is 0 Å². The van der Waals surface area contributed by atoms with Gasteiger partial charge in [0.25, 0.3) is 0 Å². The minimum atomic E-state index is 0.881. The molecule has 3 heterocycles. The van der Waals surface area contributed by atoms with Crippen molar-refractivity contribution in [2.45, 2.75) is 13.5 Å². The molecule has 0 spiro atoms. The van der Waals surface area contributed by atoms with Crippen LogP contribution in [0.2, 0.25) is 0 Å². The van der Waals surface area contributed by atoms with Crippen molar-refractivity contribution in [3.8, 4) is 22.5 Å². The highest BCUT2D eigenvalue weighted by Gasteiger charge is 2.15. The summed E-state index contributed by atoms with van der Waals surface area (Å²) in [5, 5.41) is 10.3. The van der Waals surface area contributed by atoms with Crippen molar-refractivity contribution in [1.29, 1.82) is 0 Å². The molecule has 0 fully saturated rings. The Morgan fingerprint density at radius 1 is 0.487 bits per heavy atom. The Kier molecular flexibility index (Phi) is 4.80. The largest absolute Gasteiger partial charge is 0.341 e. The van der Waals surface area contributed by atoms with E-state index in [0.717, 1.165) is 29.1 Å². The Morgan fingerprint density at radius 3 is 1.90 bits per heavy atom. The first-order valence-electron chi connectivity index (χ1n) is 13.5. The summed E-state index contributed by atoms with van der Waals surface area (Å²) in [6.45, 7) is 3.17. The number of pyridine rings is 2. The Bertz CT molecular complexity index is 2190. The van der Waals surface area contributed by atoms with Gasteiger partial charge in [-0.05, 0) is 87.3 Å². The number of aromatic nitrogens is 3. The van der Waals surface area contributed by atoms with Crippen molar-refractivity contribution in [3.05, 3.63) is 122 Å². The molecule has 3 aromatic heterocycles. The smallest absolute Gasteiger partial charge is 0.0886 e. The monoisotopic (exact) mass is 499 g/mol. The highest BCUT2D eigenvalue weighted by Crippen LogP contribution is 2.41. The molecule has 0 saturated heterocycles. The number of para-hydroxylation sites is 1. The van der Waals surface area contributed by atoms with Crippen LogP contribution in [-0.4, -0.2) is 14.5 Å². The van der Waals surface area contributed by atoms with E-state index in [1.54, 1.807) is 6.20 Å². The minimum Gasteiger partial charge on any atom is -0.341 e. The Balaban J connectivity index is 1.39. The molecule has 0 amide bonds. The SMILES string of the molecule is CCn1c2ccccc2c2cc3c4ccc(-c5ccc(-c6ccccn6)nc5)cc4c4ccccc4c3cc21. The van der Waals surface area contributed by atoms with Crippen LogP contribution in [0.1, 0.15) is 6.92 Å². The third-order valence-corrected chi connectivity index (χ3v) is 8.07.